The molecule has 100 valence electrons. The summed E-state index contributed by atoms with van der Waals surface area (Å²) in [5.74, 6) is -0.554. The summed E-state index contributed by atoms with van der Waals surface area (Å²) in [6.07, 6.45) is 0. The van der Waals surface area contributed by atoms with Gasteiger partial charge in [-0.05, 0) is 42.3 Å². The molecule has 0 fully saturated rings. The van der Waals surface area contributed by atoms with E-state index in [0.29, 0.717) is 17.8 Å². The van der Waals surface area contributed by atoms with E-state index in [4.69, 9.17) is 5.73 Å². The van der Waals surface area contributed by atoms with E-state index in [9.17, 15) is 8.78 Å². The van der Waals surface area contributed by atoms with Gasteiger partial charge in [0.1, 0.15) is 11.6 Å². The monoisotopic (exact) mass is 262 g/mol. The van der Waals surface area contributed by atoms with Gasteiger partial charge in [0.05, 0.1) is 6.04 Å². The molecule has 2 aromatic carbocycles. The molecule has 0 bridgehead atoms. The molecule has 1 atom stereocenters. The molecule has 0 saturated carbocycles. The number of nitrogens with one attached hydrogen (secondary N) is 1. The van der Waals surface area contributed by atoms with Gasteiger partial charge in [0.25, 0.3) is 0 Å². The van der Waals surface area contributed by atoms with Crippen LogP contribution in [0.25, 0.3) is 0 Å². The van der Waals surface area contributed by atoms with E-state index in [1.165, 1.54) is 18.2 Å². The van der Waals surface area contributed by atoms with E-state index >= 15 is 0 Å². The summed E-state index contributed by atoms with van der Waals surface area (Å²) in [6.45, 7) is 2.04. The molecule has 1 unspecified atom stereocenters. The molecule has 3 N–H and O–H groups in total. The summed E-state index contributed by atoms with van der Waals surface area (Å²) in [5.41, 5.74) is 7.83. The lowest BCUT2D eigenvalue weighted by molar-refractivity contribution is 0.616. The average molecular weight is 262 g/mol. The van der Waals surface area contributed by atoms with Crippen LogP contribution >= 0.6 is 0 Å². The second-order valence-corrected chi connectivity index (χ2v) is 4.45. The Bertz CT molecular complexity index is 570. The van der Waals surface area contributed by atoms with Gasteiger partial charge in [0.15, 0.2) is 0 Å². The van der Waals surface area contributed by atoms with Crippen molar-refractivity contribution in [2.75, 3.05) is 11.9 Å². The number of nitrogens with two attached hydrogens (primary N) is 1. The second kappa shape index (κ2) is 5.80. The molecule has 0 aliphatic carbocycles. The molecule has 2 aromatic rings. The fraction of sp³-hybridized carbons (Fsp3) is 0.200. The topological polar surface area (TPSA) is 38.0 Å². The third-order valence-corrected chi connectivity index (χ3v) is 2.99. The highest BCUT2D eigenvalue weighted by molar-refractivity contribution is 5.46. The van der Waals surface area contributed by atoms with Gasteiger partial charge in [-0.3, -0.25) is 0 Å². The van der Waals surface area contributed by atoms with Gasteiger partial charge >= 0.3 is 0 Å². The van der Waals surface area contributed by atoms with Gasteiger partial charge in [-0.1, -0.05) is 18.2 Å². The molecule has 0 aliphatic heterocycles. The molecule has 0 heterocycles. The summed E-state index contributed by atoms with van der Waals surface area (Å²) in [7, 11) is 0. The summed E-state index contributed by atoms with van der Waals surface area (Å²) < 4.78 is 26.4. The minimum atomic E-state index is -0.309. The van der Waals surface area contributed by atoms with Crippen LogP contribution in [0.2, 0.25) is 0 Å². The number of hydrogen-bond acceptors (Lipinski definition) is 2. The summed E-state index contributed by atoms with van der Waals surface area (Å²) >= 11 is 0. The van der Waals surface area contributed by atoms with Gasteiger partial charge in [-0.15, -0.1) is 0 Å². The fourth-order valence-corrected chi connectivity index (χ4v) is 1.94. The van der Waals surface area contributed by atoms with E-state index in [1.807, 2.05) is 0 Å². The Morgan fingerprint density at radius 3 is 2.58 bits per heavy atom. The molecule has 19 heavy (non-hydrogen) atoms. The van der Waals surface area contributed by atoms with Crippen LogP contribution in [0.1, 0.15) is 17.2 Å². The zero-order valence-corrected chi connectivity index (χ0v) is 10.7. The van der Waals surface area contributed by atoms with Crippen molar-refractivity contribution in [3.8, 4) is 0 Å². The van der Waals surface area contributed by atoms with Crippen molar-refractivity contribution in [3.05, 3.63) is 65.2 Å². The van der Waals surface area contributed by atoms with Crippen LogP contribution in [0, 0.1) is 18.6 Å². The standard InChI is InChI=1S/C15H16F2N2/c1-10-7-11(5-6-14(10)17)15(9-18)19-13-4-2-3-12(16)8-13/h2-8,15,19H,9,18H2,1H3. The molecule has 2 nitrogen and oxygen atoms in total. The Hall–Kier alpha value is -1.94. The lowest BCUT2D eigenvalue weighted by Crippen LogP contribution is -2.20. The molecule has 0 spiro atoms. The van der Waals surface area contributed by atoms with Crippen LogP contribution in [-0.4, -0.2) is 6.54 Å². The van der Waals surface area contributed by atoms with Crippen LogP contribution in [0.15, 0.2) is 42.5 Å². The van der Waals surface area contributed by atoms with Gasteiger partial charge in [0, 0.05) is 12.2 Å². The Balaban J connectivity index is 2.22. The maximum Gasteiger partial charge on any atom is 0.126 e. The Kier molecular flexibility index (Phi) is 4.12. The Morgan fingerprint density at radius 2 is 1.95 bits per heavy atom. The molecule has 0 amide bonds. The molecular weight excluding hydrogens is 246 g/mol. The lowest BCUT2D eigenvalue weighted by Gasteiger charge is -2.19. The van der Waals surface area contributed by atoms with Gasteiger partial charge in [-0.2, -0.15) is 0 Å². The van der Waals surface area contributed by atoms with E-state index < -0.39 is 0 Å². The van der Waals surface area contributed by atoms with Crippen molar-refractivity contribution in [2.45, 2.75) is 13.0 Å². The minimum absolute atomic E-state index is 0.180. The third kappa shape index (κ3) is 3.29. The normalized spacial score (nSPS) is 12.2. The predicted molar refractivity (Wildman–Crippen MR) is 73.0 cm³/mol. The van der Waals surface area contributed by atoms with Gasteiger partial charge in [-0.25, -0.2) is 8.78 Å². The van der Waals surface area contributed by atoms with Crippen LogP contribution < -0.4 is 11.1 Å². The molecular formula is C15H16F2N2. The Labute approximate surface area is 111 Å². The van der Waals surface area contributed by atoms with Crippen molar-refractivity contribution < 1.29 is 8.78 Å². The zero-order chi connectivity index (χ0) is 13.8. The first kappa shape index (κ1) is 13.5. The maximum atomic E-state index is 13.2. The SMILES string of the molecule is Cc1cc(C(CN)Nc2cccc(F)c2)ccc1F. The van der Waals surface area contributed by atoms with Crippen LogP contribution in [0.4, 0.5) is 14.5 Å². The molecule has 4 heteroatoms. The molecule has 2 rings (SSSR count). The van der Waals surface area contributed by atoms with E-state index in [1.54, 1.807) is 31.2 Å². The van der Waals surface area contributed by atoms with Gasteiger partial charge in [0.2, 0.25) is 0 Å². The quantitative estimate of drug-likeness (QED) is 0.886. The highest BCUT2D eigenvalue weighted by atomic mass is 19.1. The van der Waals surface area contributed by atoms with Gasteiger partial charge < -0.3 is 11.1 Å². The maximum absolute atomic E-state index is 13.2. The van der Waals surface area contributed by atoms with Crippen molar-refractivity contribution >= 4 is 5.69 Å². The van der Waals surface area contributed by atoms with Crippen LogP contribution in [0.3, 0.4) is 0 Å². The zero-order valence-electron chi connectivity index (χ0n) is 10.7. The smallest absolute Gasteiger partial charge is 0.126 e. The molecule has 0 radical (unpaired) electrons. The number of anilines is 1. The fourth-order valence-electron chi connectivity index (χ4n) is 1.94. The molecule has 0 saturated heterocycles. The van der Waals surface area contributed by atoms with E-state index in [2.05, 4.69) is 5.32 Å². The lowest BCUT2D eigenvalue weighted by atomic mass is 10.0. The largest absolute Gasteiger partial charge is 0.377 e. The minimum Gasteiger partial charge on any atom is -0.377 e. The van der Waals surface area contributed by atoms with Crippen LogP contribution in [-0.2, 0) is 0 Å². The summed E-state index contributed by atoms with van der Waals surface area (Å²) in [5, 5.41) is 3.15. The molecule has 0 aliphatic rings. The highest BCUT2D eigenvalue weighted by Crippen LogP contribution is 2.21. The summed E-state index contributed by atoms with van der Waals surface area (Å²) in [6, 6.07) is 10.8. The van der Waals surface area contributed by atoms with Crippen molar-refractivity contribution in [2.24, 2.45) is 5.73 Å². The second-order valence-electron chi connectivity index (χ2n) is 4.45. The molecule has 0 aromatic heterocycles. The number of rotatable bonds is 4. The number of benzene rings is 2. The van der Waals surface area contributed by atoms with Crippen LogP contribution in [0.5, 0.6) is 0 Å². The van der Waals surface area contributed by atoms with E-state index in [-0.39, 0.29) is 17.7 Å². The third-order valence-electron chi connectivity index (χ3n) is 2.99. The number of halogens is 2. The predicted octanol–water partition coefficient (Wildman–Crippen LogP) is 3.39. The Morgan fingerprint density at radius 1 is 1.16 bits per heavy atom. The van der Waals surface area contributed by atoms with Crippen molar-refractivity contribution in [3.63, 3.8) is 0 Å². The first-order chi connectivity index (χ1) is 9.10. The number of hydrogen-bond donors (Lipinski definition) is 2. The average Bonchev–Trinajstić information content (AvgIpc) is 2.39. The van der Waals surface area contributed by atoms with Crippen molar-refractivity contribution in [1.82, 2.24) is 0 Å². The van der Waals surface area contributed by atoms with Crippen molar-refractivity contribution in [1.29, 1.82) is 0 Å². The highest BCUT2D eigenvalue weighted by Gasteiger charge is 2.11. The first-order valence-electron chi connectivity index (χ1n) is 6.08. The number of aryl methyl sites for hydroxylation is 1. The van der Waals surface area contributed by atoms with E-state index in [0.717, 1.165) is 5.56 Å². The summed E-state index contributed by atoms with van der Waals surface area (Å²) in [4.78, 5) is 0. The first-order valence-corrected chi connectivity index (χ1v) is 6.08.